The summed E-state index contributed by atoms with van der Waals surface area (Å²) in [7, 11) is -3.16. The summed E-state index contributed by atoms with van der Waals surface area (Å²) in [5.74, 6) is 0.289. The van der Waals surface area contributed by atoms with Gasteiger partial charge in [0.25, 0.3) is 0 Å². The second-order valence-electron chi connectivity index (χ2n) is 7.14. The predicted molar refractivity (Wildman–Crippen MR) is 111 cm³/mol. The van der Waals surface area contributed by atoms with Crippen LogP contribution < -0.4 is 5.32 Å². The van der Waals surface area contributed by atoms with E-state index in [2.05, 4.69) is 28.5 Å². The van der Waals surface area contributed by atoms with Crippen molar-refractivity contribution in [2.45, 2.75) is 24.6 Å². The Morgan fingerprint density at radius 2 is 1.78 bits per heavy atom. The van der Waals surface area contributed by atoms with Crippen LogP contribution in [0, 0.1) is 0 Å². The largest absolute Gasteiger partial charge is 0.361 e. The molecule has 27 heavy (non-hydrogen) atoms. The smallest absolute Gasteiger partial charge is 0.154 e. The molecule has 0 bridgehead atoms. The van der Waals surface area contributed by atoms with E-state index in [0.717, 1.165) is 29.4 Å². The van der Waals surface area contributed by atoms with Gasteiger partial charge in [0, 0.05) is 29.7 Å². The first-order chi connectivity index (χ1) is 13.1. The number of rotatable bonds is 6. The van der Waals surface area contributed by atoms with Crippen LogP contribution >= 0.6 is 0 Å². The number of nitrogens with one attached hydrogen (secondary N) is 2. The van der Waals surface area contributed by atoms with Crippen molar-refractivity contribution in [3.05, 3.63) is 78.0 Å². The van der Waals surface area contributed by atoms with Crippen LogP contribution in [0.4, 0.5) is 0 Å². The fourth-order valence-electron chi connectivity index (χ4n) is 3.74. The van der Waals surface area contributed by atoms with Gasteiger partial charge in [0.2, 0.25) is 0 Å². The van der Waals surface area contributed by atoms with E-state index >= 15 is 0 Å². The van der Waals surface area contributed by atoms with Gasteiger partial charge in [-0.25, -0.2) is 8.42 Å². The summed E-state index contributed by atoms with van der Waals surface area (Å²) in [4.78, 5) is 3.16. The SMILES string of the molecule is O=S(=O)(CCC1CC(c2ccccc2)=CCN1)Cc1c[nH]c2ccccc12. The first-order valence-electron chi connectivity index (χ1n) is 9.34. The van der Waals surface area contributed by atoms with Gasteiger partial charge in [-0.1, -0.05) is 54.6 Å². The number of aromatic nitrogens is 1. The van der Waals surface area contributed by atoms with Crippen LogP contribution in [0.5, 0.6) is 0 Å². The molecule has 1 unspecified atom stereocenters. The highest BCUT2D eigenvalue weighted by molar-refractivity contribution is 7.90. The van der Waals surface area contributed by atoms with E-state index in [1.54, 1.807) is 0 Å². The number of hydrogen-bond acceptors (Lipinski definition) is 3. The molecule has 1 aliphatic heterocycles. The molecule has 4 nitrogen and oxygen atoms in total. The number of aromatic amines is 1. The number of para-hydroxylation sites is 1. The predicted octanol–water partition coefficient (Wildman–Crippen LogP) is 3.92. The maximum atomic E-state index is 12.7. The number of H-pyrrole nitrogens is 1. The molecule has 3 aromatic rings. The summed E-state index contributed by atoms with van der Waals surface area (Å²) in [5, 5.41) is 4.42. The zero-order valence-electron chi connectivity index (χ0n) is 15.2. The van der Waals surface area contributed by atoms with E-state index in [-0.39, 0.29) is 17.5 Å². The second-order valence-corrected chi connectivity index (χ2v) is 9.33. The third-order valence-electron chi connectivity index (χ3n) is 5.19. The molecule has 0 saturated carbocycles. The summed E-state index contributed by atoms with van der Waals surface area (Å²) in [6.45, 7) is 0.789. The van der Waals surface area contributed by atoms with Gasteiger partial charge < -0.3 is 10.3 Å². The van der Waals surface area contributed by atoms with Gasteiger partial charge in [-0.15, -0.1) is 0 Å². The highest BCUT2D eigenvalue weighted by Crippen LogP contribution is 2.25. The average Bonchev–Trinajstić information content (AvgIpc) is 3.10. The third kappa shape index (κ3) is 4.31. The van der Waals surface area contributed by atoms with Gasteiger partial charge >= 0.3 is 0 Å². The van der Waals surface area contributed by atoms with E-state index < -0.39 is 9.84 Å². The molecule has 140 valence electrons. The summed E-state index contributed by atoms with van der Waals surface area (Å²) in [6, 6.07) is 18.3. The molecule has 0 spiro atoms. The Morgan fingerprint density at radius 1 is 1.00 bits per heavy atom. The number of sulfone groups is 1. The third-order valence-corrected chi connectivity index (χ3v) is 6.80. The highest BCUT2D eigenvalue weighted by atomic mass is 32.2. The van der Waals surface area contributed by atoms with Gasteiger partial charge in [-0.3, -0.25) is 0 Å². The van der Waals surface area contributed by atoms with Gasteiger partial charge in [-0.05, 0) is 35.6 Å². The molecule has 2 aromatic carbocycles. The number of benzene rings is 2. The van der Waals surface area contributed by atoms with Gasteiger partial charge in [0.05, 0.1) is 11.5 Å². The van der Waals surface area contributed by atoms with E-state index in [1.807, 2.05) is 48.7 Å². The lowest BCUT2D eigenvalue weighted by Crippen LogP contribution is -2.34. The lowest BCUT2D eigenvalue weighted by atomic mass is 9.94. The first-order valence-corrected chi connectivity index (χ1v) is 11.2. The van der Waals surface area contributed by atoms with Crippen LogP contribution in [0.15, 0.2) is 66.9 Å². The van der Waals surface area contributed by atoms with Crippen molar-refractivity contribution < 1.29 is 8.42 Å². The molecule has 1 atom stereocenters. The van der Waals surface area contributed by atoms with E-state index in [9.17, 15) is 8.42 Å². The van der Waals surface area contributed by atoms with Gasteiger partial charge in [0.15, 0.2) is 9.84 Å². The first kappa shape index (κ1) is 18.0. The molecular weight excluding hydrogens is 356 g/mol. The van der Waals surface area contributed by atoms with E-state index in [1.165, 1.54) is 11.1 Å². The monoisotopic (exact) mass is 380 g/mol. The second kappa shape index (κ2) is 7.71. The highest BCUT2D eigenvalue weighted by Gasteiger charge is 2.20. The minimum atomic E-state index is -3.16. The molecule has 5 heteroatoms. The maximum Gasteiger partial charge on any atom is 0.154 e. The zero-order valence-corrected chi connectivity index (χ0v) is 16.0. The van der Waals surface area contributed by atoms with Crippen LogP contribution in [-0.2, 0) is 15.6 Å². The molecule has 0 radical (unpaired) electrons. The number of hydrogen-bond donors (Lipinski definition) is 2. The summed E-state index contributed by atoms with van der Waals surface area (Å²) in [6.07, 6.45) is 5.52. The van der Waals surface area contributed by atoms with Crippen molar-refractivity contribution in [1.29, 1.82) is 0 Å². The van der Waals surface area contributed by atoms with Gasteiger partial charge in [0.1, 0.15) is 0 Å². The fraction of sp³-hybridized carbons (Fsp3) is 0.273. The molecular formula is C22H24N2O2S. The summed E-state index contributed by atoms with van der Waals surface area (Å²) >= 11 is 0. The van der Waals surface area contributed by atoms with E-state index in [4.69, 9.17) is 0 Å². The van der Waals surface area contributed by atoms with Crippen LogP contribution in [0.3, 0.4) is 0 Å². The molecule has 4 rings (SSSR count). The molecule has 1 aliphatic rings. The molecule has 0 fully saturated rings. The summed E-state index contributed by atoms with van der Waals surface area (Å²) in [5.41, 5.74) is 4.36. The lowest BCUT2D eigenvalue weighted by molar-refractivity contribution is 0.515. The molecule has 0 amide bonds. The Kier molecular flexibility index (Phi) is 5.14. The van der Waals surface area contributed by atoms with Crippen molar-refractivity contribution in [2.75, 3.05) is 12.3 Å². The van der Waals surface area contributed by atoms with Crippen LogP contribution in [-0.4, -0.2) is 31.7 Å². The van der Waals surface area contributed by atoms with Crippen molar-refractivity contribution in [2.24, 2.45) is 0 Å². The van der Waals surface area contributed by atoms with Crippen LogP contribution in [0.25, 0.3) is 16.5 Å². The fourth-order valence-corrected chi connectivity index (χ4v) is 5.24. The molecule has 0 saturated heterocycles. The zero-order chi connectivity index (χ0) is 18.7. The number of fused-ring (bicyclic) bond motifs is 1. The van der Waals surface area contributed by atoms with Crippen molar-refractivity contribution in [1.82, 2.24) is 10.3 Å². The topological polar surface area (TPSA) is 62.0 Å². The maximum absolute atomic E-state index is 12.7. The Balaban J connectivity index is 1.38. The van der Waals surface area contributed by atoms with Crippen molar-refractivity contribution >= 4 is 26.3 Å². The minimum absolute atomic E-state index is 0.0884. The average molecular weight is 381 g/mol. The molecule has 0 aliphatic carbocycles. The normalized spacial score (nSPS) is 17.8. The Morgan fingerprint density at radius 3 is 2.63 bits per heavy atom. The lowest BCUT2D eigenvalue weighted by Gasteiger charge is -2.24. The Labute approximate surface area is 160 Å². The molecule has 2 N–H and O–H groups in total. The minimum Gasteiger partial charge on any atom is -0.361 e. The van der Waals surface area contributed by atoms with Crippen LogP contribution in [0.2, 0.25) is 0 Å². The van der Waals surface area contributed by atoms with Crippen molar-refractivity contribution in [3.8, 4) is 0 Å². The van der Waals surface area contributed by atoms with E-state index in [0.29, 0.717) is 6.42 Å². The Bertz CT molecular complexity index is 1050. The van der Waals surface area contributed by atoms with Gasteiger partial charge in [-0.2, -0.15) is 0 Å². The van der Waals surface area contributed by atoms with Crippen LogP contribution in [0.1, 0.15) is 24.0 Å². The standard InChI is InChI=1S/C22H24N2O2S/c25-27(26,16-19-15-24-22-9-5-4-8-21(19)22)13-11-20-14-18(10-12-23-20)17-6-2-1-3-7-17/h1-10,15,20,23-24H,11-14,16H2. The quantitative estimate of drug-likeness (QED) is 0.681. The molecule has 2 heterocycles. The van der Waals surface area contributed by atoms with Crippen molar-refractivity contribution in [3.63, 3.8) is 0 Å². The Hall–Kier alpha value is -2.37. The summed E-state index contributed by atoms with van der Waals surface area (Å²) < 4.78 is 25.4. The molecule has 1 aromatic heterocycles.